The zero-order valence-corrected chi connectivity index (χ0v) is 16.9. The number of amides is 2. The van der Waals surface area contributed by atoms with Crippen LogP contribution in [-0.2, 0) is 31.3 Å². The fourth-order valence-electron chi connectivity index (χ4n) is 3.34. The molecule has 1 aliphatic rings. The SMILES string of the molecule is O=C(CCc1cccnc1)ON1CC(=O)N(Cl)C(c2ccccc2)(n2ccnn2)C1=O. The summed E-state index contributed by atoms with van der Waals surface area (Å²) in [6.07, 6.45) is 6.39. The number of hydrogen-bond acceptors (Lipinski definition) is 7. The average Bonchev–Trinajstić information content (AvgIpc) is 3.33. The smallest absolute Gasteiger partial charge is 0.332 e. The number of carbonyl (C=O) groups is 3. The Morgan fingerprint density at radius 2 is 1.94 bits per heavy atom. The van der Waals surface area contributed by atoms with Crippen molar-refractivity contribution in [2.24, 2.45) is 0 Å². The monoisotopic (exact) mass is 440 g/mol. The first-order chi connectivity index (χ1) is 15.0. The van der Waals surface area contributed by atoms with E-state index in [1.54, 1.807) is 48.8 Å². The minimum Gasteiger partial charge on any atom is -0.337 e. The molecule has 1 atom stereocenters. The van der Waals surface area contributed by atoms with Crippen LogP contribution in [0.5, 0.6) is 0 Å². The van der Waals surface area contributed by atoms with Gasteiger partial charge in [-0.05, 0) is 18.1 Å². The van der Waals surface area contributed by atoms with Gasteiger partial charge in [0.2, 0.25) is 0 Å². The van der Waals surface area contributed by atoms with Gasteiger partial charge in [-0.2, -0.15) is 5.06 Å². The summed E-state index contributed by atoms with van der Waals surface area (Å²) < 4.78 is 1.92. The molecule has 3 heterocycles. The van der Waals surface area contributed by atoms with Gasteiger partial charge in [0, 0.05) is 35.9 Å². The number of hydrogen-bond donors (Lipinski definition) is 0. The highest BCUT2D eigenvalue weighted by molar-refractivity contribution is 6.25. The Morgan fingerprint density at radius 3 is 2.61 bits per heavy atom. The van der Waals surface area contributed by atoms with E-state index in [9.17, 15) is 14.4 Å². The fourth-order valence-corrected chi connectivity index (χ4v) is 3.64. The molecular weight excluding hydrogens is 424 g/mol. The Kier molecular flexibility index (Phi) is 5.63. The summed E-state index contributed by atoms with van der Waals surface area (Å²) in [5.41, 5.74) is -0.711. The minimum absolute atomic E-state index is 0.00405. The zero-order valence-electron chi connectivity index (χ0n) is 16.2. The van der Waals surface area contributed by atoms with Crippen molar-refractivity contribution >= 4 is 29.6 Å². The van der Waals surface area contributed by atoms with Gasteiger partial charge in [0.05, 0.1) is 12.6 Å². The molecule has 0 spiro atoms. The first-order valence-electron chi connectivity index (χ1n) is 9.36. The molecule has 2 aromatic heterocycles. The van der Waals surface area contributed by atoms with Crippen molar-refractivity contribution in [2.45, 2.75) is 18.5 Å². The van der Waals surface area contributed by atoms with E-state index in [2.05, 4.69) is 15.3 Å². The lowest BCUT2D eigenvalue weighted by Crippen LogP contribution is -2.66. The number of aryl methyl sites for hydroxylation is 1. The maximum absolute atomic E-state index is 13.6. The van der Waals surface area contributed by atoms with Gasteiger partial charge in [-0.25, -0.2) is 13.9 Å². The van der Waals surface area contributed by atoms with Crippen LogP contribution in [0.4, 0.5) is 0 Å². The van der Waals surface area contributed by atoms with Crippen LogP contribution in [0.25, 0.3) is 0 Å². The molecular formula is C20H17ClN6O4. The zero-order chi connectivity index (χ0) is 21.8. The van der Waals surface area contributed by atoms with E-state index < -0.39 is 30.0 Å². The molecule has 158 valence electrons. The molecule has 31 heavy (non-hydrogen) atoms. The maximum atomic E-state index is 13.6. The second kappa shape index (κ2) is 8.52. The Labute approximate surface area is 182 Å². The van der Waals surface area contributed by atoms with Crippen molar-refractivity contribution in [2.75, 3.05) is 6.54 Å². The highest BCUT2D eigenvalue weighted by Gasteiger charge is 2.58. The van der Waals surface area contributed by atoms with Crippen LogP contribution in [0, 0.1) is 0 Å². The summed E-state index contributed by atoms with van der Waals surface area (Å²) in [6.45, 7) is -0.524. The van der Waals surface area contributed by atoms with E-state index in [4.69, 9.17) is 16.6 Å². The third kappa shape index (κ3) is 3.73. The number of aromatic nitrogens is 4. The third-order valence-electron chi connectivity index (χ3n) is 4.79. The largest absolute Gasteiger partial charge is 0.337 e. The molecule has 1 unspecified atom stereocenters. The molecule has 0 saturated carbocycles. The van der Waals surface area contributed by atoms with Crippen molar-refractivity contribution in [3.8, 4) is 0 Å². The maximum Gasteiger partial charge on any atom is 0.332 e. The van der Waals surface area contributed by atoms with Gasteiger partial charge in [-0.1, -0.05) is 41.6 Å². The van der Waals surface area contributed by atoms with Crippen LogP contribution in [0.1, 0.15) is 17.5 Å². The number of pyridine rings is 1. The molecule has 3 aromatic rings. The van der Waals surface area contributed by atoms with E-state index in [0.717, 1.165) is 19.7 Å². The molecule has 2 amide bonds. The van der Waals surface area contributed by atoms with Gasteiger partial charge in [0.25, 0.3) is 11.6 Å². The Hall–Kier alpha value is -3.79. The molecule has 4 rings (SSSR count). The molecule has 0 bridgehead atoms. The van der Waals surface area contributed by atoms with Gasteiger partial charge in [-0.3, -0.25) is 14.6 Å². The van der Waals surface area contributed by atoms with E-state index in [-0.39, 0.29) is 6.42 Å². The lowest BCUT2D eigenvalue weighted by molar-refractivity contribution is -0.215. The van der Waals surface area contributed by atoms with Crippen LogP contribution >= 0.6 is 11.8 Å². The van der Waals surface area contributed by atoms with Crippen LogP contribution in [-0.4, -0.2) is 53.8 Å². The first-order valence-corrected chi connectivity index (χ1v) is 9.70. The van der Waals surface area contributed by atoms with E-state index in [1.165, 1.54) is 12.4 Å². The van der Waals surface area contributed by atoms with Gasteiger partial charge in [0.15, 0.2) is 0 Å². The average molecular weight is 441 g/mol. The van der Waals surface area contributed by atoms with Gasteiger partial charge in [-0.15, -0.1) is 5.10 Å². The van der Waals surface area contributed by atoms with Crippen LogP contribution in [0.15, 0.2) is 67.3 Å². The van der Waals surface area contributed by atoms with Gasteiger partial charge >= 0.3 is 11.9 Å². The lowest BCUT2D eigenvalue weighted by Gasteiger charge is -2.43. The molecule has 1 aliphatic heterocycles. The normalized spacial score (nSPS) is 18.9. The summed E-state index contributed by atoms with van der Waals surface area (Å²) >= 11 is 6.35. The number of carbonyl (C=O) groups excluding carboxylic acids is 3. The summed E-state index contributed by atoms with van der Waals surface area (Å²) in [4.78, 5) is 48.0. The fraction of sp³-hybridized carbons (Fsp3) is 0.200. The molecule has 10 nitrogen and oxygen atoms in total. The third-order valence-corrected chi connectivity index (χ3v) is 5.22. The van der Waals surface area contributed by atoms with Crippen molar-refractivity contribution in [3.05, 3.63) is 78.4 Å². The summed E-state index contributed by atoms with van der Waals surface area (Å²) in [6, 6.07) is 12.0. The minimum atomic E-state index is -1.90. The van der Waals surface area contributed by atoms with Gasteiger partial charge in [0.1, 0.15) is 6.54 Å². The molecule has 0 N–H and O–H groups in total. The summed E-state index contributed by atoms with van der Waals surface area (Å²) in [5.74, 6) is -2.08. The molecule has 1 saturated heterocycles. The highest BCUT2D eigenvalue weighted by atomic mass is 35.5. The topological polar surface area (TPSA) is 111 Å². The Bertz CT molecular complexity index is 1080. The highest BCUT2D eigenvalue weighted by Crippen LogP contribution is 2.37. The van der Waals surface area contributed by atoms with Crippen molar-refractivity contribution in [3.63, 3.8) is 0 Å². The van der Waals surface area contributed by atoms with Crippen molar-refractivity contribution in [1.29, 1.82) is 0 Å². The molecule has 1 fully saturated rings. The van der Waals surface area contributed by atoms with Crippen LogP contribution in [0.2, 0.25) is 0 Å². The number of halogens is 1. The molecule has 0 aliphatic carbocycles. The van der Waals surface area contributed by atoms with E-state index in [1.807, 2.05) is 6.07 Å². The molecule has 0 radical (unpaired) electrons. The van der Waals surface area contributed by atoms with E-state index in [0.29, 0.717) is 12.0 Å². The van der Waals surface area contributed by atoms with Gasteiger partial charge < -0.3 is 4.84 Å². The van der Waals surface area contributed by atoms with Crippen LogP contribution < -0.4 is 0 Å². The molecule has 1 aromatic carbocycles. The van der Waals surface area contributed by atoms with Crippen LogP contribution in [0.3, 0.4) is 0 Å². The number of benzene rings is 1. The second-order valence-electron chi connectivity index (χ2n) is 6.73. The Balaban J connectivity index is 1.63. The first kappa shape index (κ1) is 20.5. The summed E-state index contributed by atoms with van der Waals surface area (Å²) in [7, 11) is 0. The predicted molar refractivity (Wildman–Crippen MR) is 107 cm³/mol. The molecule has 11 heteroatoms. The quantitative estimate of drug-likeness (QED) is 0.531. The number of rotatable bonds is 6. The van der Waals surface area contributed by atoms with Crippen molar-refractivity contribution in [1.82, 2.24) is 29.5 Å². The second-order valence-corrected chi connectivity index (χ2v) is 7.06. The standard InChI is InChI=1S/C20H17ClN6O4/c21-27-17(28)14-25(31-18(29)9-8-15-5-4-10-22-13-15)19(30)20(27,26-12-11-23-24-26)16-6-2-1-3-7-16/h1-7,10-13H,8-9,14H2. The van der Waals surface area contributed by atoms with E-state index >= 15 is 0 Å². The lowest BCUT2D eigenvalue weighted by atomic mass is 9.96. The Morgan fingerprint density at radius 1 is 1.13 bits per heavy atom. The predicted octanol–water partition coefficient (Wildman–Crippen LogP) is 1.29. The summed E-state index contributed by atoms with van der Waals surface area (Å²) in [5, 5.41) is 8.37. The van der Waals surface area contributed by atoms with Crippen molar-refractivity contribution < 1.29 is 19.2 Å². The number of nitrogens with zero attached hydrogens (tertiary/aromatic N) is 6. The number of hydroxylamine groups is 2. The number of piperazine rings is 1.